The lowest BCUT2D eigenvalue weighted by atomic mass is 9.91. The van der Waals surface area contributed by atoms with Crippen molar-refractivity contribution in [2.75, 3.05) is 26.3 Å². The van der Waals surface area contributed by atoms with Gasteiger partial charge in [-0.25, -0.2) is 0 Å². The maximum atomic E-state index is 9.20. The van der Waals surface area contributed by atoms with Gasteiger partial charge < -0.3 is 15.1 Å². The molecule has 0 saturated carbocycles. The molecule has 0 rings (SSSR count). The number of aliphatic hydroxyl groups is 2. The van der Waals surface area contributed by atoms with Crippen LogP contribution in [0.25, 0.3) is 0 Å². The second kappa shape index (κ2) is 6.38. The summed E-state index contributed by atoms with van der Waals surface area (Å²) in [5.74, 6) is 0. The predicted molar refractivity (Wildman–Crippen MR) is 59.3 cm³/mol. The fraction of sp³-hybridized carbons (Fsp3) is 1.00. The molecule has 0 saturated heterocycles. The van der Waals surface area contributed by atoms with E-state index >= 15 is 0 Å². The summed E-state index contributed by atoms with van der Waals surface area (Å²) >= 11 is 0. The van der Waals surface area contributed by atoms with Crippen LogP contribution < -0.4 is 0 Å². The highest BCUT2D eigenvalue weighted by molar-refractivity contribution is 4.78. The maximum Gasteiger partial charge on any atom is 0.0519 e. The average Bonchev–Trinajstić information content (AvgIpc) is 2.24. The van der Waals surface area contributed by atoms with E-state index < -0.39 is 0 Å². The zero-order valence-corrected chi connectivity index (χ0v) is 9.95. The molecule has 0 aromatic rings. The Hall–Kier alpha value is -0.120. The molecule has 0 aromatic carbocycles. The Morgan fingerprint density at radius 1 is 1.21 bits per heavy atom. The third kappa shape index (κ3) is 3.95. The van der Waals surface area contributed by atoms with Crippen molar-refractivity contribution in [2.45, 2.75) is 40.2 Å². The van der Waals surface area contributed by atoms with Crippen LogP contribution in [-0.4, -0.2) is 47.5 Å². The second-order valence-corrected chi connectivity index (χ2v) is 4.45. The lowest BCUT2D eigenvalue weighted by molar-refractivity contribution is 0.0252. The van der Waals surface area contributed by atoms with Crippen LogP contribution in [0, 0.1) is 5.41 Å². The molecule has 86 valence electrons. The molecule has 1 atom stereocenters. The van der Waals surface area contributed by atoms with Crippen molar-refractivity contribution in [3.63, 3.8) is 0 Å². The van der Waals surface area contributed by atoms with Gasteiger partial charge in [0.2, 0.25) is 0 Å². The topological polar surface area (TPSA) is 43.7 Å². The molecule has 0 aliphatic rings. The molecule has 0 heterocycles. The first-order chi connectivity index (χ1) is 6.52. The fourth-order valence-corrected chi connectivity index (χ4v) is 1.48. The molecule has 0 bridgehead atoms. The molecule has 0 aromatic heterocycles. The van der Waals surface area contributed by atoms with Gasteiger partial charge in [-0.15, -0.1) is 0 Å². The predicted octanol–water partition coefficient (Wildman–Crippen LogP) is 1.10. The van der Waals surface area contributed by atoms with E-state index in [4.69, 9.17) is 0 Å². The van der Waals surface area contributed by atoms with Crippen molar-refractivity contribution in [3.05, 3.63) is 0 Å². The van der Waals surface area contributed by atoms with Gasteiger partial charge in [-0.05, 0) is 19.9 Å². The third-order valence-corrected chi connectivity index (χ3v) is 2.97. The zero-order chi connectivity index (χ0) is 11.2. The minimum atomic E-state index is -0.376. The van der Waals surface area contributed by atoms with Crippen molar-refractivity contribution < 1.29 is 10.2 Å². The molecule has 0 radical (unpaired) electrons. The van der Waals surface area contributed by atoms with E-state index in [9.17, 15) is 10.2 Å². The molecule has 0 aliphatic heterocycles. The molecule has 14 heavy (non-hydrogen) atoms. The third-order valence-electron chi connectivity index (χ3n) is 2.97. The van der Waals surface area contributed by atoms with Crippen LogP contribution in [0.5, 0.6) is 0 Å². The highest BCUT2D eigenvalue weighted by atomic mass is 16.3. The van der Waals surface area contributed by atoms with E-state index in [1.54, 1.807) is 0 Å². The Morgan fingerprint density at radius 2 is 1.71 bits per heavy atom. The van der Waals surface area contributed by atoms with Crippen LogP contribution in [0.1, 0.15) is 34.1 Å². The van der Waals surface area contributed by atoms with E-state index in [1.807, 2.05) is 6.92 Å². The van der Waals surface area contributed by atoms with Crippen LogP contribution >= 0.6 is 0 Å². The van der Waals surface area contributed by atoms with E-state index in [-0.39, 0.29) is 18.6 Å². The molecule has 0 fully saturated rings. The monoisotopic (exact) mass is 203 g/mol. The largest absolute Gasteiger partial charge is 0.396 e. The second-order valence-electron chi connectivity index (χ2n) is 4.45. The van der Waals surface area contributed by atoms with Crippen molar-refractivity contribution in [1.82, 2.24) is 4.90 Å². The Labute approximate surface area is 87.7 Å². The smallest absolute Gasteiger partial charge is 0.0519 e. The molecule has 3 heteroatoms. The summed E-state index contributed by atoms with van der Waals surface area (Å²) in [6.45, 7) is 10.2. The first kappa shape index (κ1) is 13.9. The standard InChI is InChI=1S/C11H25NO2/c1-5-10(3)12(6-2)7-11(4,8-13)9-14/h10,13-14H,5-9H2,1-4H3. The Morgan fingerprint density at radius 3 is 2.00 bits per heavy atom. The summed E-state index contributed by atoms with van der Waals surface area (Å²) in [6.07, 6.45) is 1.10. The molecule has 0 amide bonds. The SMILES string of the molecule is CCC(C)N(CC)CC(C)(CO)CO. The molecule has 0 spiro atoms. The molecular formula is C11H25NO2. The Bertz CT molecular complexity index is 146. The average molecular weight is 203 g/mol. The maximum absolute atomic E-state index is 9.20. The quantitative estimate of drug-likeness (QED) is 0.651. The number of nitrogens with zero attached hydrogens (tertiary/aromatic N) is 1. The lowest BCUT2D eigenvalue weighted by Crippen LogP contribution is -2.44. The van der Waals surface area contributed by atoms with Crippen molar-refractivity contribution in [2.24, 2.45) is 5.41 Å². The number of hydrogen-bond acceptors (Lipinski definition) is 3. The van der Waals surface area contributed by atoms with E-state index in [1.165, 1.54) is 0 Å². The summed E-state index contributed by atoms with van der Waals surface area (Å²) in [7, 11) is 0. The minimum Gasteiger partial charge on any atom is -0.396 e. The number of hydrogen-bond donors (Lipinski definition) is 2. The molecule has 2 N–H and O–H groups in total. The number of aliphatic hydroxyl groups excluding tert-OH is 2. The fourth-order valence-electron chi connectivity index (χ4n) is 1.48. The zero-order valence-electron chi connectivity index (χ0n) is 9.95. The number of rotatable bonds is 7. The van der Waals surface area contributed by atoms with Crippen molar-refractivity contribution >= 4 is 0 Å². The van der Waals surface area contributed by atoms with E-state index in [0.29, 0.717) is 6.04 Å². The van der Waals surface area contributed by atoms with Crippen LogP contribution in [0.15, 0.2) is 0 Å². The highest BCUT2D eigenvalue weighted by Crippen LogP contribution is 2.18. The van der Waals surface area contributed by atoms with Gasteiger partial charge in [0.05, 0.1) is 13.2 Å². The molecule has 3 nitrogen and oxygen atoms in total. The summed E-state index contributed by atoms with van der Waals surface area (Å²) < 4.78 is 0. The van der Waals surface area contributed by atoms with Crippen LogP contribution in [-0.2, 0) is 0 Å². The molecule has 0 aliphatic carbocycles. The minimum absolute atomic E-state index is 0.0381. The van der Waals surface area contributed by atoms with Gasteiger partial charge in [0, 0.05) is 18.0 Å². The summed E-state index contributed by atoms with van der Waals surface area (Å²) in [5, 5.41) is 18.4. The summed E-state index contributed by atoms with van der Waals surface area (Å²) in [4.78, 5) is 2.30. The Balaban J connectivity index is 4.28. The Kier molecular flexibility index (Phi) is 6.33. The van der Waals surface area contributed by atoms with Gasteiger partial charge >= 0.3 is 0 Å². The van der Waals surface area contributed by atoms with Gasteiger partial charge in [-0.1, -0.05) is 20.8 Å². The van der Waals surface area contributed by atoms with Gasteiger partial charge in [0.25, 0.3) is 0 Å². The van der Waals surface area contributed by atoms with Gasteiger partial charge in [0.1, 0.15) is 0 Å². The van der Waals surface area contributed by atoms with Crippen LogP contribution in [0.3, 0.4) is 0 Å². The normalized spacial score (nSPS) is 14.8. The van der Waals surface area contributed by atoms with E-state index in [2.05, 4.69) is 25.7 Å². The molecule has 1 unspecified atom stereocenters. The van der Waals surface area contributed by atoms with Crippen LogP contribution in [0.2, 0.25) is 0 Å². The van der Waals surface area contributed by atoms with Gasteiger partial charge in [0.15, 0.2) is 0 Å². The molecular weight excluding hydrogens is 178 g/mol. The van der Waals surface area contributed by atoms with E-state index in [0.717, 1.165) is 19.5 Å². The van der Waals surface area contributed by atoms with Crippen LogP contribution in [0.4, 0.5) is 0 Å². The lowest BCUT2D eigenvalue weighted by Gasteiger charge is -2.35. The first-order valence-electron chi connectivity index (χ1n) is 5.48. The van der Waals surface area contributed by atoms with Gasteiger partial charge in [-0.2, -0.15) is 0 Å². The summed E-state index contributed by atoms with van der Waals surface area (Å²) in [5.41, 5.74) is -0.376. The summed E-state index contributed by atoms with van der Waals surface area (Å²) in [6, 6.07) is 0.512. The van der Waals surface area contributed by atoms with Crippen molar-refractivity contribution in [1.29, 1.82) is 0 Å². The first-order valence-corrected chi connectivity index (χ1v) is 5.48. The van der Waals surface area contributed by atoms with Crippen molar-refractivity contribution in [3.8, 4) is 0 Å². The van der Waals surface area contributed by atoms with Gasteiger partial charge in [-0.3, -0.25) is 0 Å². The highest BCUT2D eigenvalue weighted by Gasteiger charge is 2.26.